The highest BCUT2D eigenvalue weighted by Crippen LogP contribution is 2.40. The van der Waals surface area contributed by atoms with E-state index in [2.05, 4.69) is 0 Å². The number of likely N-dealkylation sites (tertiary alicyclic amines) is 1. The second-order valence-corrected chi connectivity index (χ2v) is 7.40. The molecule has 0 aromatic heterocycles. The minimum atomic E-state index is -0.748. The van der Waals surface area contributed by atoms with Crippen LogP contribution in [0, 0.1) is 0 Å². The van der Waals surface area contributed by atoms with Gasteiger partial charge in [-0.3, -0.25) is 9.59 Å². The molecule has 0 radical (unpaired) electrons. The van der Waals surface area contributed by atoms with E-state index in [9.17, 15) is 14.7 Å². The van der Waals surface area contributed by atoms with Gasteiger partial charge in [0.25, 0.3) is 11.7 Å². The summed E-state index contributed by atoms with van der Waals surface area (Å²) in [5, 5.41) is 11.6. The number of rotatable bonds is 8. The number of halogens is 1. The van der Waals surface area contributed by atoms with Crippen LogP contribution in [0.3, 0.4) is 0 Å². The number of carbonyl (C=O) groups excluding carboxylic acids is 2. The minimum absolute atomic E-state index is 0.0111. The first-order valence-electron chi connectivity index (χ1n) is 9.68. The molecule has 1 N–H and O–H groups in total. The molecule has 0 saturated carbocycles. The van der Waals surface area contributed by atoms with Gasteiger partial charge in [-0.05, 0) is 42.3 Å². The summed E-state index contributed by atoms with van der Waals surface area (Å²) in [4.78, 5) is 27.3. The molecule has 1 fully saturated rings. The molecule has 1 aliphatic rings. The quantitative estimate of drug-likeness (QED) is 0.288. The van der Waals surface area contributed by atoms with Gasteiger partial charge in [0.2, 0.25) is 0 Å². The van der Waals surface area contributed by atoms with Crippen LogP contribution in [-0.4, -0.2) is 56.2 Å². The van der Waals surface area contributed by atoms with Gasteiger partial charge in [-0.15, -0.1) is 0 Å². The summed E-state index contributed by atoms with van der Waals surface area (Å²) in [6, 6.07) is 10.9. The third-order valence-electron chi connectivity index (χ3n) is 5.13. The monoisotopic (exact) mass is 445 g/mol. The number of amides is 1. The van der Waals surface area contributed by atoms with Gasteiger partial charge in [0.15, 0.2) is 11.5 Å². The van der Waals surface area contributed by atoms with Crippen molar-refractivity contribution in [3.05, 3.63) is 64.2 Å². The van der Waals surface area contributed by atoms with Crippen LogP contribution < -0.4 is 9.47 Å². The molecule has 2 aromatic rings. The van der Waals surface area contributed by atoms with Crippen molar-refractivity contribution in [1.82, 2.24) is 4.90 Å². The topological polar surface area (TPSA) is 85.3 Å². The van der Waals surface area contributed by atoms with E-state index < -0.39 is 17.7 Å². The number of benzene rings is 2. The Morgan fingerprint density at radius 3 is 2.32 bits per heavy atom. The largest absolute Gasteiger partial charge is 0.507 e. The highest BCUT2D eigenvalue weighted by molar-refractivity contribution is 6.46. The molecule has 0 aliphatic carbocycles. The fourth-order valence-corrected chi connectivity index (χ4v) is 3.75. The van der Waals surface area contributed by atoms with Gasteiger partial charge in [0, 0.05) is 30.8 Å². The number of ether oxygens (including phenoxy) is 3. The molecule has 1 saturated heterocycles. The van der Waals surface area contributed by atoms with E-state index in [0.29, 0.717) is 47.2 Å². The summed E-state index contributed by atoms with van der Waals surface area (Å²) >= 11 is 6.02. The highest BCUT2D eigenvalue weighted by atomic mass is 35.5. The van der Waals surface area contributed by atoms with Crippen LogP contribution in [0.25, 0.3) is 5.76 Å². The molecule has 2 aromatic carbocycles. The first kappa shape index (κ1) is 22.7. The van der Waals surface area contributed by atoms with Crippen molar-refractivity contribution in [2.75, 3.05) is 34.5 Å². The van der Waals surface area contributed by atoms with Crippen molar-refractivity contribution in [2.24, 2.45) is 0 Å². The van der Waals surface area contributed by atoms with Crippen molar-refractivity contribution in [3.63, 3.8) is 0 Å². The third-order valence-corrected chi connectivity index (χ3v) is 5.38. The molecule has 1 amide bonds. The van der Waals surface area contributed by atoms with E-state index in [1.807, 2.05) is 0 Å². The predicted molar refractivity (Wildman–Crippen MR) is 117 cm³/mol. The van der Waals surface area contributed by atoms with E-state index in [1.54, 1.807) is 49.6 Å². The summed E-state index contributed by atoms with van der Waals surface area (Å²) in [7, 11) is 4.55. The van der Waals surface area contributed by atoms with Crippen molar-refractivity contribution in [1.29, 1.82) is 0 Å². The highest BCUT2D eigenvalue weighted by Gasteiger charge is 2.45. The fourth-order valence-electron chi connectivity index (χ4n) is 3.62. The van der Waals surface area contributed by atoms with Crippen LogP contribution in [0.15, 0.2) is 48.0 Å². The van der Waals surface area contributed by atoms with Crippen LogP contribution in [-0.2, 0) is 14.3 Å². The zero-order valence-electron chi connectivity index (χ0n) is 17.6. The number of ketones is 1. The molecule has 31 heavy (non-hydrogen) atoms. The minimum Gasteiger partial charge on any atom is -0.507 e. The van der Waals surface area contributed by atoms with Gasteiger partial charge in [0.1, 0.15) is 5.76 Å². The van der Waals surface area contributed by atoms with Gasteiger partial charge >= 0.3 is 0 Å². The Labute approximate surface area is 185 Å². The SMILES string of the molecule is COCCCN1C(=O)C(=O)/C(=C(\O)c2ccc(OC)c(OC)c2)C1c1ccc(Cl)cc1. The number of methoxy groups -OCH3 is 3. The Hall–Kier alpha value is -3.03. The van der Waals surface area contributed by atoms with Crippen LogP contribution in [0.5, 0.6) is 11.5 Å². The first-order chi connectivity index (χ1) is 14.9. The molecule has 3 rings (SSSR count). The summed E-state index contributed by atoms with van der Waals surface area (Å²) < 4.78 is 15.6. The number of carbonyl (C=O) groups is 2. The maximum Gasteiger partial charge on any atom is 0.295 e. The number of Topliss-reactive ketones (excluding diaryl/α,β-unsaturated/α-hetero) is 1. The summed E-state index contributed by atoms with van der Waals surface area (Å²) in [6.45, 7) is 0.737. The average Bonchev–Trinajstić information content (AvgIpc) is 3.03. The molecule has 7 nitrogen and oxygen atoms in total. The Bertz CT molecular complexity index is 1000. The Morgan fingerprint density at radius 2 is 1.71 bits per heavy atom. The third kappa shape index (κ3) is 4.52. The second kappa shape index (κ2) is 9.85. The molecule has 1 aliphatic heterocycles. The number of aliphatic hydroxyl groups is 1. The second-order valence-electron chi connectivity index (χ2n) is 6.96. The normalized spacial score (nSPS) is 17.8. The number of hydrogen-bond acceptors (Lipinski definition) is 6. The van der Waals surface area contributed by atoms with Crippen LogP contribution in [0.4, 0.5) is 0 Å². The lowest BCUT2D eigenvalue weighted by Crippen LogP contribution is -2.31. The molecular weight excluding hydrogens is 422 g/mol. The van der Waals surface area contributed by atoms with Gasteiger partial charge in [-0.2, -0.15) is 0 Å². The Balaban J connectivity index is 2.13. The van der Waals surface area contributed by atoms with Crippen LogP contribution >= 0.6 is 11.6 Å². The molecule has 1 atom stereocenters. The maximum absolute atomic E-state index is 13.0. The van der Waals surface area contributed by atoms with Gasteiger partial charge in [-0.1, -0.05) is 23.7 Å². The zero-order valence-corrected chi connectivity index (χ0v) is 18.3. The van der Waals surface area contributed by atoms with Crippen molar-refractivity contribution < 1.29 is 28.9 Å². The predicted octanol–water partition coefficient (Wildman–Crippen LogP) is 3.82. The molecule has 0 spiro atoms. The lowest BCUT2D eigenvalue weighted by atomic mass is 9.95. The summed E-state index contributed by atoms with van der Waals surface area (Å²) in [5.41, 5.74) is 1.02. The molecular formula is C23H24ClNO6. The number of hydrogen-bond donors (Lipinski definition) is 1. The molecule has 164 valence electrons. The van der Waals surface area contributed by atoms with E-state index in [1.165, 1.54) is 19.1 Å². The Kier molecular flexibility index (Phi) is 7.20. The van der Waals surface area contributed by atoms with Gasteiger partial charge in [0.05, 0.1) is 25.8 Å². The van der Waals surface area contributed by atoms with Gasteiger partial charge < -0.3 is 24.2 Å². The molecule has 1 unspecified atom stereocenters. The number of nitrogens with zero attached hydrogens (tertiary/aromatic N) is 1. The maximum atomic E-state index is 13.0. The van der Waals surface area contributed by atoms with Crippen LogP contribution in [0.2, 0.25) is 5.02 Å². The summed E-state index contributed by atoms with van der Waals surface area (Å²) in [6.07, 6.45) is 0.546. The smallest absolute Gasteiger partial charge is 0.295 e. The first-order valence-corrected chi connectivity index (χ1v) is 10.1. The standard InChI is InChI=1S/C23H24ClNO6/c1-29-12-4-11-25-20(14-5-8-16(24)9-6-14)19(22(27)23(25)28)21(26)15-7-10-17(30-2)18(13-15)31-3/h5-10,13,20,26H,4,11-12H2,1-3H3/b21-19-. The average molecular weight is 446 g/mol. The Morgan fingerprint density at radius 1 is 1.03 bits per heavy atom. The van der Waals surface area contributed by atoms with Crippen LogP contribution in [0.1, 0.15) is 23.6 Å². The lowest BCUT2D eigenvalue weighted by molar-refractivity contribution is -0.140. The molecule has 8 heteroatoms. The van der Waals surface area contributed by atoms with Crippen molar-refractivity contribution in [3.8, 4) is 11.5 Å². The van der Waals surface area contributed by atoms with E-state index in [-0.39, 0.29) is 11.3 Å². The van der Waals surface area contributed by atoms with E-state index >= 15 is 0 Å². The zero-order chi connectivity index (χ0) is 22.5. The fraction of sp³-hybridized carbons (Fsp3) is 0.304. The van der Waals surface area contributed by atoms with Gasteiger partial charge in [-0.25, -0.2) is 0 Å². The van der Waals surface area contributed by atoms with Crippen molar-refractivity contribution >= 4 is 29.1 Å². The molecule has 1 heterocycles. The lowest BCUT2D eigenvalue weighted by Gasteiger charge is -2.25. The van der Waals surface area contributed by atoms with Crippen molar-refractivity contribution in [2.45, 2.75) is 12.5 Å². The van der Waals surface area contributed by atoms with E-state index in [0.717, 1.165) is 0 Å². The molecule has 0 bridgehead atoms. The summed E-state index contributed by atoms with van der Waals surface area (Å²) in [5.74, 6) is -0.825. The number of aliphatic hydroxyl groups excluding tert-OH is 1. The van der Waals surface area contributed by atoms with E-state index in [4.69, 9.17) is 25.8 Å².